The standard InChI is InChI=1S/C15H12N4O3/c1-10-7-11(2)18(15(20)13(10)8-16)17-9-12-5-3-4-6-14(12)19(21)22/h3-7,9H,1-2H3/b17-9+. The molecular weight excluding hydrogens is 284 g/mol. The smallest absolute Gasteiger partial charge is 0.266 e. The first kappa shape index (κ1) is 15.1. The zero-order valence-electron chi connectivity index (χ0n) is 12.0. The normalized spacial score (nSPS) is 10.6. The molecule has 2 aromatic rings. The lowest BCUT2D eigenvalue weighted by Crippen LogP contribution is -2.22. The number of para-hydroxylation sites is 1. The number of nitrogens with zero attached hydrogens (tertiary/aromatic N) is 4. The zero-order chi connectivity index (χ0) is 16.3. The maximum absolute atomic E-state index is 12.2. The molecule has 0 aliphatic rings. The van der Waals surface area contributed by atoms with Crippen molar-refractivity contribution in [3.05, 3.63) is 73.2 Å². The van der Waals surface area contributed by atoms with Crippen LogP contribution in [0.15, 0.2) is 40.2 Å². The molecule has 0 spiro atoms. The molecule has 2 rings (SSSR count). The molecule has 0 amide bonds. The predicted octanol–water partition coefficient (Wildman–Crippen LogP) is 2.13. The van der Waals surface area contributed by atoms with Crippen LogP contribution in [0.2, 0.25) is 0 Å². The van der Waals surface area contributed by atoms with Gasteiger partial charge in [0.2, 0.25) is 0 Å². The minimum Gasteiger partial charge on any atom is -0.266 e. The monoisotopic (exact) mass is 296 g/mol. The molecule has 0 radical (unpaired) electrons. The third-order valence-electron chi connectivity index (χ3n) is 3.12. The van der Waals surface area contributed by atoms with Crippen LogP contribution in [0.5, 0.6) is 0 Å². The Labute approximate surface area is 125 Å². The van der Waals surface area contributed by atoms with Gasteiger partial charge in [-0.3, -0.25) is 14.9 Å². The number of benzene rings is 1. The quantitative estimate of drug-likeness (QED) is 0.491. The molecule has 22 heavy (non-hydrogen) atoms. The summed E-state index contributed by atoms with van der Waals surface area (Å²) in [7, 11) is 0. The molecule has 7 heteroatoms. The Kier molecular flexibility index (Phi) is 4.13. The highest BCUT2D eigenvalue weighted by molar-refractivity contribution is 5.85. The van der Waals surface area contributed by atoms with E-state index in [0.717, 1.165) is 4.68 Å². The first-order chi connectivity index (χ1) is 10.5. The molecular formula is C15H12N4O3. The van der Waals surface area contributed by atoms with Crippen LogP contribution in [-0.2, 0) is 0 Å². The Hall–Kier alpha value is -3.27. The zero-order valence-corrected chi connectivity index (χ0v) is 12.0. The Morgan fingerprint density at radius 3 is 2.68 bits per heavy atom. The van der Waals surface area contributed by atoms with Gasteiger partial charge in [0.05, 0.1) is 16.7 Å². The van der Waals surface area contributed by atoms with E-state index in [9.17, 15) is 14.9 Å². The van der Waals surface area contributed by atoms with Gasteiger partial charge in [-0.1, -0.05) is 12.1 Å². The summed E-state index contributed by atoms with van der Waals surface area (Å²) in [5, 5.41) is 23.9. The highest BCUT2D eigenvalue weighted by atomic mass is 16.6. The molecule has 1 aromatic carbocycles. The second-order valence-corrected chi connectivity index (χ2v) is 4.63. The molecule has 0 atom stereocenters. The predicted molar refractivity (Wildman–Crippen MR) is 81.0 cm³/mol. The summed E-state index contributed by atoms with van der Waals surface area (Å²) in [4.78, 5) is 22.6. The molecule has 0 saturated carbocycles. The molecule has 0 aliphatic heterocycles. The third kappa shape index (κ3) is 2.76. The maximum atomic E-state index is 12.2. The van der Waals surface area contributed by atoms with Gasteiger partial charge in [-0.15, -0.1) is 0 Å². The second-order valence-electron chi connectivity index (χ2n) is 4.63. The van der Waals surface area contributed by atoms with Crippen molar-refractivity contribution in [2.75, 3.05) is 0 Å². The van der Waals surface area contributed by atoms with Crippen molar-refractivity contribution < 1.29 is 4.92 Å². The molecule has 0 saturated heterocycles. The van der Waals surface area contributed by atoms with Crippen LogP contribution in [0.1, 0.15) is 22.4 Å². The Morgan fingerprint density at radius 1 is 1.36 bits per heavy atom. The summed E-state index contributed by atoms with van der Waals surface area (Å²) in [5.74, 6) is 0. The molecule has 0 aliphatic carbocycles. The van der Waals surface area contributed by atoms with Crippen molar-refractivity contribution in [1.29, 1.82) is 5.26 Å². The number of nitriles is 1. The van der Waals surface area contributed by atoms with E-state index in [1.165, 1.54) is 18.3 Å². The fourth-order valence-corrected chi connectivity index (χ4v) is 2.04. The number of hydrogen-bond donors (Lipinski definition) is 0. The van der Waals surface area contributed by atoms with Crippen molar-refractivity contribution in [3.8, 4) is 6.07 Å². The van der Waals surface area contributed by atoms with Gasteiger partial charge in [0.1, 0.15) is 11.6 Å². The molecule has 0 bridgehead atoms. The van der Waals surface area contributed by atoms with E-state index < -0.39 is 10.5 Å². The van der Waals surface area contributed by atoms with Gasteiger partial charge in [0.25, 0.3) is 11.2 Å². The van der Waals surface area contributed by atoms with Crippen LogP contribution in [0, 0.1) is 35.3 Å². The lowest BCUT2D eigenvalue weighted by molar-refractivity contribution is -0.385. The Bertz CT molecular complexity index is 875. The van der Waals surface area contributed by atoms with Crippen LogP contribution in [-0.4, -0.2) is 15.8 Å². The van der Waals surface area contributed by atoms with Gasteiger partial charge < -0.3 is 0 Å². The third-order valence-corrected chi connectivity index (χ3v) is 3.12. The lowest BCUT2D eigenvalue weighted by atomic mass is 10.1. The minimum atomic E-state index is -0.546. The van der Waals surface area contributed by atoms with Crippen molar-refractivity contribution >= 4 is 11.9 Å². The van der Waals surface area contributed by atoms with Crippen LogP contribution in [0.3, 0.4) is 0 Å². The van der Waals surface area contributed by atoms with Crippen LogP contribution in [0.25, 0.3) is 0 Å². The van der Waals surface area contributed by atoms with Crippen molar-refractivity contribution in [2.45, 2.75) is 13.8 Å². The van der Waals surface area contributed by atoms with E-state index in [0.29, 0.717) is 11.3 Å². The topological polar surface area (TPSA) is 101 Å². The molecule has 0 fully saturated rings. The van der Waals surface area contributed by atoms with E-state index in [1.807, 2.05) is 6.07 Å². The number of pyridine rings is 1. The van der Waals surface area contributed by atoms with Gasteiger partial charge in [0, 0.05) is 11.8 Å². The number of hydrogen-bond acceptors (Lipinski definition) is 5. The lowest BCUT2D eigenvalue weighted by Gasteiger charge is -2.06. The molecule has 1 aromatic heterocycles. The van der Waals surface area contributed by atoms with E-state index in [1.54, 1.807) is 32.0 Å². The molecule has 0 N–H and O–H groups in total. The Morgan fingerprint density at radius 2 is 2.05 bits per heavy atom. The average molecular weight is 296 g/mol. The second kappa shape index (κ2) is 6.01. The van der Waals surface area contributed by atoms with E-state index >= 15 is 0 Å². The van der Waals surface area contributed by atoms with Gasteiger partial charge in [-0.25, -0.2) is 4.68 Å². The number of rotatable bonds is 3. The first-order valence-corrected chi connectivity index (χ1v) is 6.37. The number of nitro groups is 1. The first-order valence-electron chi connectivity index (χ1n) is 6.37. The van der Waals surface area contributed by atoms with Crippen LogP contribution >= 0.6 is 0 Å². The fraction of sp³-hybridized carbons (Fsp3) is 0.133. The summed E-state index contributed by atoms with van der Waals surface area (Å²) in [5.41, 5.74) is 0.737. The van der Waals surface area contributed by atoms with Crippen molar-refractivity contribution in [2.24, 2.45) is 5.10 Å². The maximum Gasteiger partial charge on any atom is 0.289 e. The fourth-order valence-electron chi connectivity index (χ4n) is 2.04. The Balaban J connectivity index is 2.56. The van der Waals surface area contributed by atoms with Gasteiger partial charge in [-0.05, 0) is 31.5 Å². The summed E-state index contributed by atoms with van der Waals surface area (Å²) in [6.07, 6.45) is 1.24. The molecule has 0 unspecified atom stereocenters. The summed E-state index contributed by atoms with van der Waals surface area (Å²) in [6.45, 7) is 3.34. The minimum absolute atomic E-state index is 0.00492. The summed E-state index contributed by atoms with van der Waals surface area (Å²) >= 11 is 0. The van der Waals surface area contributed by atoms with Crippen LogP contribution in [0.4, 0.5) is 5.69 Å². The largest absolute Gasteiger partial charge is 0.289 e. The molecule has 7 nitrogen and oxygen atoms in total. The number of aryl methyl sites for hydroxylation is 2. The van der Waals surface area contributed by atoms with Crippen molar-refractivity contribution in [3.63, 3.8) is 0 Å². The average Bonchev–Trinajstić information content (AvgIpc) is 2.47. The van der Waals surface area contributed by atoms with Gasteiger partial charge in [0.15, 0.2) is 0 Å². The number of nitro benzene ring substituents is 1. The van der Waals surface area contributed by atoms with Gasteiger partial charge in [-0.2, -0.15) is 10.4 Å². The van der Waals surface area contributed by atoms with Crippen molar-refractivity contribution in [1.82, 2.24) is 4.68 Å². The molecule has 1 heterocycles. The molecule has 110 valence electrons. The SMILES string of the molecule is Cc1cc(C)n(/N=C/c2ccccc2[N+](=O)[O-])c(=O)c1C#N. The highest BCUT2D eigenvalue weighted by Gasteiger charge is 2.12. The van der Waals surface area contributed by atoms with Gasteiger partial charge >= 0.3 is 0 Å². The summed E-state index contributed by atoms with van der Waals surface area (Å²) < 4.78 is 1.06. The summed E-state index contributed by atoms with van der Waals surface area (Å²) in [6, 6.07) is 9.58. The number of aromatic nitrogens is 1. The van der Waals surface area contributed by atoms with Crippen LogP contribution < -0.4 is 5.56 Å². The van der Waals surface area contributed by atoms with E-state index in [-0.39, 0.29) is 16.8 Å². The highest BCUT2D eigenvalue weighted by Crippen LogP contribution is 2.15. The van der Waals surface area contributed by atoms with E-state index in [2.05, 4.69) is 5.10 Å². The van der Waals surface area contributed by atoms with E-state index in [4.69, 9.17) is 5.26 Å².